The Hall–Kier alpha value is -3.35. The molecule has 2 N–H and O–H groups in total. The molecule has 0 bridgehead atoms. The topological polar surface area (TPSA) is 95.9 Å². The number of amides is 2. The summed E-state index contributed by atoms with van der Waals surface area (Å²) in [6.45, 7) is 7.84. The second kappa shape index (κ2) is 10.9. The minimum Gasteiger partial charge on any atom is -0.480 e. The number of rotatable bonds is 9. The minimum absolute atomic E-state index is 0.0840. The summed E-state index contributed by atoms with van der Waals surface area (Å²) in [5.41, 5.74) is 4.20. The molecule has 2 unspecified atom stereocenters. The van der Waals surface area contributed by atoms with Crippen molar-refractivity contribution in [3.63, 3.8) is 0 Å². The lowest BCUT2D eigenvalue weighted by Gasteiger charge is -2.32. The van der Waals surface area contributed by atoms with E-state index in [0.29, 0.717) is 19.3 Å². The highest BCUT2D eigenvalue weighted by molar-refractivity contribution is 5.89. The number of carbonyl (C=O) groups excluding carboxylic acids is 2. The molecule has 1 aliphatic carbocycles. The summed E-state index contributed by atoms with van der Waals surface area (Å²) >= 11 is 0. The summed E-state index contributed by atoms with van der Waals surface area (Å²) in [6.07, 6.45) is 0.642. The number of carbonyl (C=O) groups is 3. The third-order valence-electron chi connectivity index (χ3n) is 6.42. The van der Waals surface area contributed by atoms with Gasteiger partial charge < -0.3 is 20.1 Å². The molecule has 2 amide bonds. The summed E-state index contributed by atoms with van der Waals surface area (Å²) in [6, 6.07) is 14.3. The molecule has 2 atom stereocenters. The Labute approximate surface area is 207 Å². The zero-order valence-corrected chi connectivity index (χ0v) is 21.2. The van der Waals surface area contributed by atoms with Crippen molar-refractivity contribution in [2.75, 3.05) is 13.7 Å². The number of ether oxygens (including phenoxy) is 1. The number of hydrogen-bond donors (Lipinski definition) is 2. The fourth-order valence-electron chi connectivity index (χ4n) is 4.70. The Balaban J connectivity index is 1.68. The Morgan fingerprint density at radius 1 is 1.03 bits per heavy atom. The van der Waals surface area contributed by atoms with Crippen molar-refractivity contribution >= 4 is 18.0 Å². The first-order valence-corrected chi connectivity index (χ1v) is 12.1. The standard InChI is InChI=1S/C28H36N2O5/c1-6-11-23(25(31)30(5)24(26(32)33)16-28(2,3)4)29-27(34)35-17-22-20-14-9-7-12-18(20)19-13-8-10-15-21(19)22/h7-10,12-15,22-24H,6,11,16-17H2,1-5H3,(H,29,34)(H,32,33). The Morgan fingerprint density at radius 2 is 1.57 bits per heavy atom. The Kier molecular flexibility index (Phi) is 8.20. The smallest absolute Gasteiger partial charge is 0.407 e. The van der Waals surface area contributed by atoms with Crippen LogP contribution >= 0.6 is 0 Å². The molecule has 2 aromatic rings. The van der Waals surface area contributed by atoms with Gasteiger partial charge in [0.25, 0.3) is 0 Å². The summed E-state index contributed by atoms with van der Waals surface area (Å²) in [5.74, 6) is -1.58. The molecular formula is C28H36N2O5. The molecular weight excluding hydrogens is 444 g/mol. The first-order chi connectivity index (χ1) is 16.5. The molecule has 188 valence electrons. The quantitative estimate of drug-likeness (QED) is 0.524. The molecule has 0 heterocycles. The average molecular weight is 481 g/mol. The van der Waals surface area contributed by atoms with Crippen LogP contribution in [0.4, 0.5) is 4.79 Å². The van der Waals surface area contributed by atoms with Crippen molar-refractivity contribution in [3.8, 4) is 11.1 Å². The zero-order chi connectivity index (χ0) is 25.8. The van der Waals surface area contributed by atoms with Gasteiger partial charge >= 0.3 is 12.1 Å². The van der Waals surface area contributed by atoms with E-state index in [1.807, 2.05) is 64.1 Å². The maximum Gasteiger partial charge on any atom is 0.407 e. The summed E-state index contributed by atoms with van der Waals surface area (Å²) in [4.78, 5) is 39.0. The van der Waals surface area contributed by atoms with Gasteiger partial charge in [-0.25, -0.2) is 9.59 Å². The highest BCUT2D eigenvalue weighted by Crippen LogP contribution is 2.44. The fraction of sp³-hybridized carbons (Fsp3) is 0.464. The van der Waals surface area contributed by atoms with Crippen LogP contribution in [-0.2, 0) is 14.3 Å². The number of aliphatic carboxylic acids is 1. The first kappa shape index (κ1) is 26.3. The van der Waals surface area contributed by atoms with Crippen LogP contribution in [0, 0.1) is 5.41 Å². The van der Waals surface area contributed by atoms with Gasteiger partial charge in [0.1, 0.15) is 18.7 Å². The van der Waals surface area contributed by atoms with Crippen molar-refractivity contribution in [2.45, 2.75) is 65.0 Å². The predicted octanol–water partition coefficient (Wildman–Crippen LogP) is 5.04. The number of likely N-dealkylation sites (N-methyl/N-ethyl adjacent to an activating group) is 1. The van der Waals surface area contributed by atoms with Gasteiger partial charge in [-0.2, -0.15) is 0 Å². The molecule has 0 saturated heterocycles. The van der Waals surface area contributed by atoms with Crippen LogP contribution in [0.3, 0.4) is 0 Å². The van der Waals surface area contributed by atoms with Gasteiger partial charge in [0.05, 0.1) is 0 Å². The maximum atomic E-state index is 13.2. The molecule has 0 spiro atoms. The van der Waals surface area contributed by atoms with Gasteiger partial charge in [0.15, 0.2) is 0 Å². The van der Waals surface area contributed by atoms with Gasteiger partial charge in [0, 0.05) is 13.0 Å². The van der Waals surface area contributed by atoms with E-state index < -0.39 is 30.1 Å². The Bertz CT molecular complexity index is 1030. The van der Waals surface area contributed by atoms with Crippen LogP contribution in [0.2, 0.25) is 0 Å². The van der Waals surface area contributed by atoms with E-state index >= 15 is 0 Å². The monoisotopic (exact) mass is 480 g/mol. The number of benzene rings is 2. The molecule has 0 radical (unpaired) electrons. The predicted molar refractivity (Wildman–Crippen MR) is 135 cm³/mol. The Morgan fingerprint density at radius 3 is 2.06 bits per heavy atom. The third-order valence-corrected chi connectivity index (χ3v) is 6.42. The maximum absolute atomic E-state index is 13.2. The molecule has 1 aliphatic rings. The van der Waals surface area contributed by atoms with Gasteiger partial charge in [-0.05, 0) is 40.5 Å². The molecule has 3 rings (SSSR count). The normalized spacial score (nSPS) is 14.4. The number of nitrogens with zero attached hydrogens (tertiary/aromatic N) is 1. The highest BCUT2D eigenvalue weighted by atomic mass is 16.5. The minimum atomic E-state index is -1.06. The lowest BCUT2D eigenvalue weighted by atomic mass is 9.87. The van der Waals surface area contributed by atoms with E-state index in [0.717, 1.165) is 22.3 Å². The molecule has 0 aromatic heterocycles. The molecule has 0 fully saturated rings. The number of nitrogens with one attached hydrogen (secondary N) is 1. The van der Waals surface area contributed by atoms with Crippen LogP contribution in [0.5, 0.6) is 0 Å². The van der Waals surface area contributed by atoms with Crippen molar-refractivity contribution in [3.05, 3.63) is 59.7 Å². The molecule has 7 nitrogen and oxygen atoms in total. The lowest BCUT2D eigenvalue weighted by Crippen LogP contribution is -2.53. The zero-order valence-electron chi connectivity index (χ0n) is 21.2. The van der Waals surface area contributed by atoms with Crippen molar-refractivity contribution in [1.82, 2.24) is 10.2 Å². The summed E-state index contributed by atoms with van der Waals surface area (Å²) in [5, 5.41) is 12.4. The molecule has 7 heteroatoms. The van der Waals surface area contributed by atoms with Crippen molar-refractivity contribution in [1.29, 1.82) is 0 Å². The van der Waals surface area contributed by atoms with Crippen LogP contribution in [0.1, 0.15) is 64.0 Å². The van der Waals surface area contributed by atoms with E-state index in [9.17, 15) is 19.5 Å². The fourth-order valence-corrected chi connectivity index (χ4v) is 4.70. The largest absolute Gasteiger partial charge is 0.480 e. The molecule has 0 saturated carbocycles. The van der Waals surface area contributed by atoms with E-state index in [4.69, 9.17) is 4.74 Å². The molecule has 35 heavy (non-hydrogen) atoms. The summed E-state index contributed by atoms with van der Waals surface area (Å²) < 4.78 is 5.60. The third kappa shape index (κ3) is 6.21. The molecule has 2 aromatic carbocycles. The number of hydrogen-bond acceptors (Lipinski definition) is 4. The first-order valence-electron chi connectivity index (χ1n) is 12.1. The van der Waals surface area contributed by atoms with Crippen LogP contribution in [0.15, 0.2) is 48.5 Å². The highest BCUT2D eigenvalue weighted by Gasteiger charge is 2.35. The number of carboxylic acids is 1. The second-order valence-corrected chi connectivity index (χ2v) is 10.4. The van der Waals surface area contributed by atoms with Crippen molar-refractivity contribution in [2.24, 2.45) is 5.41 Å². The average Bonchev–Trinajstić information content (AvgIpc) is 3.13. The van der Waals surface area contributed by atoms with Crippen LogP contribution < -0.4 is 5.32 Å². The van der Waals surface area contributed by atoms with Gasteiger partial charge in [-0.3, -0.25) is 4.79 Å². The van der Waals surface area contributed by atoms with E-state index in [1.165, 1.54) is 11.9 Å². The SMILES string of the molecule is CCCC(NC(=O)OCC1c2ccccc2-c2ccccc21)C(=O)N(C)C(CC(C)(C)C)C(=O)O. The van der Waals surface area contributed by atoms with E-state index in [2.05, 4.69) is 17.4 Å². The van der Waals surface area contributed by atoms with Gasteiger partial charge in [0.2, 0.25) is 5.91 Å². The number of fused-ring (bicyclic) bond motifs is 3. The van der Waals surface area contributed by atoms with Crippen LogP contribution in [0.25, 0.3) is 11.1 Å². The van der Waals surface area contributed by atoms with E-state index in [1.54, 1.807) is 0 Å². The van der Waals surface area contributed by atoms with Gasteiger partial charge in [-0.1, -0.05) is 82.6 Å². The summed E-state index contributed by atoms with van der Waals surface area (Å²) in [7, 11) is 1.48. The number of carboxylic acid groups (broad SMARTS) is 1. The van der Waals surface area contributed by atoms with E-state index in [-0.39, 0.29) is 17.9 Å². The number of alkyl carbamates (subject to hydrolysis) is 1. The van der Waals surface area contributed by atoms with Crippen LogP contribution in [-0.4, -0.2) is 53.7 Å². The second-order valence-electron chi connectivity index (χ2n) is 10.4. The van der Waals surface area contributed by atoms with Gasteiger partial charge in [-0.15, -0.1) is 0 Å². The lowest BCUT2D eigenvalue weighted by molar-refractivity contribution is -0.151. The molecule has 0 aliphatic heterocycles. The van der Waals surface area contributed by atoms with Crippen molar-refractivity contribution < 1.29 is 24.2 Å².